The Labute approximate surface area is 112 Å². The summed E-state index contributed by atoms with van der Waals surface area (Å²) in [6.07, 6.45) is 0. The highest BCUT2D eigenvalue weighted by atomic mass is 79.9. The molecule has 17 heavy (non-hydrogen) atoms. The molecular formula is C14H21BrO2. The van der Waals surface area contributed by atoms with Gasteiger partial charge in [0.05, 0.1) is 12.2 Å². The largest absolute Gasteiger partial charge is 0.491 e. The zero-order valence-electron chi connectivity index (χ0n) is 11.0. The van der Waals surface area contributed by atoms with E-state index in [4.69, 9.17) is 9.47 Å². The Bertz CT molecular complexity index is 356. The molecule has 0 fully saturated rings. The zero-order valence-corrected chi connectivity index (χ0v) is 12.6. The summed E-state index contributed by atoms with van der Waals surface area (Å²) in [5, 5.41) is 0.810. The first-order valence-corrected chi connectivity index (χ1v) is 6.97. The highest BCUT2D eigenvalue weighted by Gasteiger charge is 2.10. The van der Waals surface area contributed by atoms with Crippen LogP contribution in [0.1, 0.15) is 31.9 Å². The zero-order chi connectivity index (χ0) is 12.9. The van der Waals surface area contributed by atoms with E-state index in [9.17, 15) is 0 Å². The van der Waals surface area contributed by atoms with Crippen LogP contribution in [0.3, 0.4) is 0 Å². The molecule has 0 aromatic heterocycles. The number of halogens is 1. The molecule has 1 rings (SSSR count). The van der Waals surface area contributed by atoms with E-state index < -0.39 is 0 Å². The highest BCUT2D eigenvalue weighted by Crippen LogP contribution is 2.25. The Hall–Kier alpha value is -0.540. The minimum atomic E-state index is -0.104. The lowest BCUT2D eigenvalue weighted by molar-refractivity contribution is -0.0164. The molecular weight excluding hydrogens is 280 g/mol. The van der Waals surface area contributed by atoms with Gasteiger partial charge in [-0.15, -0.1) is 0 Å². The molecule has 1 aromatic rings. The smallest absolute Gasteiger partial charge is 0.126 e. The molecule has 0 aliphatic heterocycles. The SMILES string of the molecule is Cc1cccc(CBr)c1OCCOC(C)(C)C. The van der Waals surface area contributed by atoms with Crippen molar-refractivity contribution in [2.45, 2.75) is 38.6 Å². The van der Waals surface area contributed by atoms with Crippen molar-refractivity contribution in [3.05, 3.63) is 29.3 Å². The van der Waals surface area contributed by atoms with Crippen LogP contribution < -0.4 is 4.74 Å². The third-order valence-electron chi connectivity index (χ3n) is 2.30. The van der Waals surface area contributed by atoms with Crippen LogP contribution in [0.4, 0.5) is 0 Å². The van der Waals surface area contributed by atoms with Crippen molar-refractivity contribution in [2.75, 3.05) is 13.2 Å². The molecule has 0 saturated heterocycles. The van der Waals surface area contributed by atoms with Crippen molar-refractivity contribution in [1.82, 2.24) is 0 Å². The molecule has 0 aliphatic carbocycles. The van der Waals surface area contributed by atoms with Crippen LogP contribution in [0.5, 0.6) is 5.75 Å². The molecule has 0 atom stereocenters. The summed E-state index contributed by atoms with van der Waals surface area (Å²) >= 11 is 3.47. The number of aryl methyl sites for hydroxylation is 1. The second kappa shape index (κ2) is 6.41. The van der Waals surface area contributed by atoms with Crippen molar-refractivity contribution < 1.29 is 9.47 Å². The van der Waals surface area contributed by atoms with Crippen molar-refractivity contribution in [1.29, 1.82) is 0 Å². The molecule has 0 saturated carbocycles. The first-order valence-electron chi connectivity index (χ1n) is 5.85. The Morgan fingerprint density at radius 3 is 2.47 bits per heavy atom. The number of rotatable bonds is 5. The fraction of sp³-hybridized carbons (Fsp3) is 0.571. The van der Waals surface area contributed by atoms with E-state index in [1.54, 1.807) is 0 Å². The maximum absolute atomic E-state index is 5.80. The molecule has 96 valence electrons. The molecule has 0 heterocycles. The lowest BCUT2D eigenvalue weighted by Gasteiger charge is -2.20. The Morgan fingerprint density at radius 2 is 1.88 bits per heavy atom. The predicted octanol–water partition coefficient (Wildman–Crippen LogP) is 4.08. The minimum Gasteiger partial charge on any atom is -0.491 e. The lowest BCUT2D eigenvalue weighted by Crippen LogP contribution is -2.22. The van der Waals surface area contributed by atoms with Gasteiger partial charge in [-0.3, -0.25) is 0 Å². The first kappa shape index (κ1) is 14.5. The molecule has 0 aliphatic rings. The van der Waals surface area contributed by atoms with Crippen LogP contribution >= 0.6 is 15.9 Å². The molecule has 1 aromatic carbocycles. The maximum atomic E-state index is 5.80. The van der Waals surface area contributed by atoms with E-state index in [1.165, 1.54) is 5.56 Å². The van der Waals surface area contributed by atoms with Crippen molar-refractivity contribution >= 4 is 15.9 Å². The molecule has 0 bridgehead atoms. The topological polar surface area (TPSA) is 18.5 Å². The monoisotopic (exact) mass is 300 g/mol. The van der Waals surface area contributed by atoms with E-state index in [1.807, 2.05) is 26.8 Å². The summed E-state index contributed by atoms with van der Waals surface area (Å²) in [5.41, 5.74) is 2.24. The van der Waals surface area contributed by atoms with Crippen LogP contribution in [0.15, 0.2) is 18.2 Å². The molecule has 3 heteroatoms. The van der Waals surface area contributed by atoms with E-state index >= 15 is 0 Å². The Balaban J connectivity index is 2.52. The number of ether oxygens (including phenoxy) is 2. The standard InChI is InChI=1S/C14H21BrO2/c1-11-6-5-7-12(10-15)13(11)16-8-9-17-14(2,3)4/h5-7H,8-10H2,1-4H3. The van der Waals surface area contributed by atoms with Gasteiger partial charge in [-0.05, 0) is 33.3 Å². The van der Waals surface area contributed by atoms with Gasteiger partial charge in [0, 0.05) is 10.9 Å². The molecule has 0 radical (unpaired) electrons. The van der Waals surface area contributed by atoms with E-state index in [0.29, 0.717) is 13.2 Å². The lowest BCUT2D eigenvalue weighted by atomic mass is 10.1. The van der Waals surface area contributed by atoms with Gasteiger partial charge in [-0.25, -0.2) is 0 Å². The third-order valence-corrected chi connectivity index (χ3v) is 2.91. The molecule has 0 spiro atoms. The van der Waals surface area contributed by atoms with Crippen molar-refractivity contribution in [3.8, 4) is 5.75 Å². The van der Waals surface area contributed by atoms with E-state index in [2.05, 4.69) is 35.0 Å². The summed E-state index contributed by atoms with van der Waals surface area (Å²) in [4.78, 5) is 0. The number of benzene rings is 1. The van der Waals surface area contributed by atoms with E-state index in [0.717, 1.165) is 16.6 Å². The fourth-order valence-corrected chi connectivity index (χ4v) is 1.96. The van der Waals surface area contributed by atoms with Crippen LogP contribution in [0.2, 0.25) is 0 Å². The highest BCUT2D eigenvalue weighted by molar-refractivity contribution is 9.08. The van der Waals surface area contributed by atoms with Gasteiger partial charge < -0.3 is 9.47 Å². The van der Waals surface area contributed by atoms with Crippen molar-refractivity contribution in [3.63, 3.8) is 0 Å². The predicted molar refractivity (Wildman–Crippen MR) is 75.0 cm³/mol. The number of para-hydroxylation sites is 1. The number of hydrogen-bond donors (Lipinski definition) is 0. The van der Waals surface area contributed by atoms with Gasteiger partial charge in [0.1, 0.15) is 12.4 Å². The first-order chi connectivity index (χ1) is 7.94. The Kier molecular flexibility index (Phi) is 5.47. The fourth-order valence-electron chi connectivity index (χ4n) is 1.52. The summed E-state index contributed by atoms with van der Waals surface area (Å²) in [6.45, 7) is 9.40. The summed E-state index contributed by atoms with van der Waals surface area (Å²) in [7, 11) is 0. The van der Waals surface area contributed by atoms with Gasteiger partial charge >= 0.3 is 0 Å². The normalized spacial score (nSPS) is 11.6. The molecule has 0 unspecified atom stereocenters. The van der Waals surface area contributed by atoms with Gasteiger partial charge in [-0.2, -0.15) is 0 Å². The van der Waals surface area contributed by atoms with Gasteiger partial charge in [0.2, 0.25) is 0 Å². The maximum Gasteiger partial charge on any atom is 0.126 e. The molecule has 0 N–H and O–H groups in total. The van der Waals surface area contributed by atoms with Gasteiger partial charge in [-0.1, -0.05) is 34.1 Å². The second-order valence-electron chi connectivity index (χ2n) is 5.01. The van der Waals surface area contributed by atoms with Gasteiger partial charge in [0.25, 0.3) is 0 Å². The third kappa shape index (κ3) is 5.09. The average molecular weight is 301 g/mol. The quantitative estimate of drug-likeness (QED) is 0.602. The van der Waals surface area contributed by atoms with Crippen LogP contribution in [-0.4, -0.2) is 18.8 Å². The summed E-state index contributed by atoms with van der Waals surface area (Å²) < 4.78 is 11.4. The molecule has 2 nitrogen and oxygen atoms in total. The average Bonchev–Trinajstić information content (AvgIpc) is 2.24. The summed E-state index contributed by atoms with van der Waals surface area (Å²) in [5.74, 6) is 0.974. The van der Waals surface area contributed by atoms with Gasteiger partial charge in [0.15, 0.2) is 0 Å². The van der Waals surface area contributed by atoms with Crippen LogP contribution in [-0.2, 0) is 10.1 Å². The number of alkyl halides is 1. The van der Waals surface area contributed by atoms with Crippen molar-refractivity contribution in [2.24, 2.45) is 0 Å². The molecule has 0 amide bonds. The van der Waals surface area contributed by atoms with Crippen LogP contribution in [0.25, 0.3) is 0 Å². The number of hydrogen-bond acceptors (Lipinski definition) is 2. The Morgan fingerprint density at radius 1 is 1.18 bits per heavy atom. The van der Waals surface area contributed by atoms with E-state index in [-0.39, 0.29) is 5.60 Å². The minimum absolute atomic E-state index is 0.104. The summed E-state index contributed by atoms with van der Waals surface area (Å²) in [6, 6.07) is 6.18. The second-order valence-corrected chi connectivity index (χ2v) is 5.57. The van der Waals surface area contributed by atoms with Crippen LogP contribution in [0, 0.1) is 6.92 Å².